The van der Waals surface area contributed by atoms with Crippen molar-refractivity contribution < 1.29 is 14.3 Å². The van der Waals surface area contributed by atoms with Gasteiger partial charge in [-0.1, -0.05) is 6.92 Å². The van der Waals surface area contributed by atoms with Crippen molar-refractivity contribution in [3.8, 4) is 5.75 Å². The molecule has 1 N–H and O–H groups in total. The second-order valence-electron chi connectivity index (χ2n) is 5.19. The Morgan fingerprint density at radius 2 is 2.20 bits per heavy atom. The first-order chi connectivity index (χ1) is 9.70. The molecule has 4 nitrogen and oxygen atoms in total. The van der Waals surface area contributed by atoms with Gasteiger partial charge in [-0.05, 0) is 50.5 Å². The molecule has 1 aromatic rings. The van der Waals surface area contributed by atoms with Crippen molar-refractivity contribution in [3.05, 3.63) is 29.8 Å². The zero-order chi connectivity index (χ0) is 14.4. The lowest BCUT2D eigenvalue weighted by Crippen LogP contribution is -2.40. The molecule has 0 saturated carbocycles. The van der Waals surface area contributed by atoms with Gasteiger partial charge in [0.05, 0.1) is 18.8 Å². The van der Waals surface area contributed by atoms with Crippen molar-refractivity contribution in [2.45, 2.75) is 45.3 Å². The lowest BCUT2D eigenvalue weighted by Gasteiger charge is -2.20. The van der Waals surface area contributed by atoms with E-state index in [1.807, 2.05) is 19.1 Å². The summed E-state index contributed by atoms with van der Waals surface area (Å²) in [5, 5.41) is 3.00. The molecule has 20 heavy (non-hydrogen) atoms. The zero-order valence-corrected chi connectivity index (χ0v) is 12.2. The predicted octanol–water partition coefficient (Wildman–Crippen LogP) is 2.77. The number of amides is 1. The summed E-state index contributed by atoms with van der Waals surface area (Å²) >= 11 is 0. The van der Waals surface area contributed by atoms with Crippen molar-refractivity contribution in [2.75, 3.05) is 13.2 Å². The van der Waals surface area contributed by atoms with Crippen LogP contribution in [0.15, 0.2) is 24.3 Å². The maximum atomic E-state index is 12.1. The molecule has 4 heteroatoms. The molecule has 1 fully saturated rings. The Kier molecular flexibility index (Phi) is 5.41. The Morgan fingerprint density at radius 1 is 1.45 bits per heavy atom. The van der Waals surface area contributed by atoms with E-state index in [2.05, 4.69) is 12.2 Å². The molecule has 2 rings (SSSR count). The highest BCUT2D eigenvalue weighted by atomic mass is 16.5. The number of carbonyl (C=O) groups excluding carboxylic acids is 1. The monoisotopic (exact) mass is 277 g/mol. The summed E-state index contributed by atoms with van der Waals surface area (Å²) in [6, 6.07) is 7.30. The van der Waals surface area contributed by atoms with E-state index in [0.29, 0.717) is 12.2 Å². The van der Waals surface area contributed by atoms with E-state index in [-0.39, 0.29) is 18.1 Å². The molecule has 1 aliphatic heterocycles. The van der Waals surface area contributed by atoms with Crippen LogP contribution < -0.4 is 10.1 Å². The van der Waals surface area contributed by atoms with E-state index in [0.717, 1.165) is 31.6 Å². The van der Waals surface area contributed by atoms with Gasteiger partial charge < -0.3 is 14.8 Å². The van der Waals surface area contributed by atoms with Crippen LogP contribution in [-0.2, 0) is 4.74 Å². The molecule has 0 aromatic heterocycles. The third kappa shape index (κ3) is 3.97. The Hall–Kier alpha value is -1.55. The Balaban J connectivity index is 1.88. The largest absolute Gasteiger partial charge is 0.494 e. The van der Waals surface area contributed by atoms with Crippen molar-refractivity contribution in [3.63, 3.8) is 0 Å². The summed E-state index contributed by atoms with van der Waals surface area (Å²) in [7, 11) is 0. The molecule has 0 radical (unpaired) electrons. The molecule has 2 atom stereocenters. The molecule has 110 valence electrons. The van der Waals surface area contributed by atoms with Gasteiger partial charge in [-0.2, -0.15) is 0 Å². The second-order valence-corrected chi connectivity index (χ2v) is 5.19. The standard InChI is InChI=1S/C16H23NO3/c1-3-10-19-14-8-6-13(7-9-14)16(18)17-12(2)15-5-4-11-20-15/h6-9,12,15H,3-5,10-11H2,1-2H3,(H,17,18)/t12-,15+/m0/s1. The molecule has 0 aliphatic carbocycles. The van der Waals surface area contributed by atoms with Crippen LogP contribution in [0.2, 0.25) is 0 Å². The number of ether oxygens (including phenoxy) is 2. The molecule has 1 saturated heterocycles. The van der Waals surface area contributed by atoms with Gasteiger partial charge in [0.2, 0.25) is 0 Å². The second kappa shape index (κ2) is 7.29. The van der Waals surface area contributed by atoms with Crippen LogP contribution in [0, 0.1) is 0 Å². The van der Waals surface area contributed by atoms with Gasteiger partial charge in [-0.25, -0.2) is 0 Å². The van der Waals surface area contributed by atoms with Gasteiger partial charge >= 0.3 is 0 Å². The summed E-state index contributed by atoms with van der Waals surface area (Å²) in [5.74, 6) is 0.741. The Bertz CT molecular complexity index is 424. The number of benzene rings is 1. The third-order valence-electron chi connectivity index (χ3n) is 3.47. The minimum absolute atomic E-state index is 0.0426. The van der Waals surface area contributed by atoms with Crippen LogP contribution >= 0.6 is 0 Å². The first-order valence-electron chi connectivity index (χ1n) is 7.36. The zero-order valence-electron chi connectivity index (χ0n) is 12.2. The van der Waals surface area contributed by atoms with Crippen LogP contribution in [0.3, 0.4) is 0 Å². The topological polar surface area (TPSA) is 47.6 Å². The normalized spacial score (nSPS) is 19.6. The molecular formula is C16H23NO3. The van der Waals surface area contributed by atoms with Gasteiger partial charge in [0, 0.05) is 12.2 Å². The van der Waals surface area contributed by atoms with Crippen molar-refractivity contribution in [2.24, 2.45) is 0 Å². The average Bonchev–Trinajstić information content (AvgIpc) is 3.00. The van der Waals surface area contributed by atoms with Crippen molar-refractivity contribution in [1.82, 2.24) is 5.32 Å². The highest BCUT2D eigenvalue weighted by Crippen LogP contribution is 2.16. The van der Waals surface area contributed by atoms with Crippen LogP contribution in [0.4, 0.5) is 0 Å². The molecule has 1 amide bonds. The minimum atomic E-state index is -0.0601. The molecule has 1 heterocycles. The van der Waals surface area contributed by atoms with Crippen molar-refractivity contribution in [1.29, 1.82) is 0 Å². The highest BCUT2D eigenvalue weighted by Gasteiger charge is 2.23. The predicted molar refractivity (Wildman–Crippen MR) is 78.1 cm³/mol. The van der Waals surface area contributed by atoms with Crippen LogP contribution in [0.1, 0.15) is 43.5 Å². The lowest BCUT2D eigenvalue weighted by molar-refractivity contribution is 0.0712. The van der Waals surface area contributed by atoms with Gasteiger partial charge in [-0.3, -0.25) is 4.79 Å². The minimum Gasteiger partial charge on any atom is -0.494 e. The van der Waals surface area contributed by atoms with E-state index in [4.69, 9.17) is 9.47 Å². The molecule has 0 spiro atoms. The van der Waals surface area contributed by atoms with E-state index in [1.165, 1.54) is 0 Å². The first kappa shape index (κ1) is 14.9. The molecule has 1 aromatic carbocycles. The van der Waals surface area contributed by atoms with Gasteiger partial charge in [0.25, 0.3) is 5.91 Å². The summed E-state index contributed by atoms with van der Waals surface area (Å²) < 4.78 is 11.1. The fourth-order valence-corrected chi connectivity index (χ4v) is 2.30. The summed E-state index contributed by atoms with van der Waals surface area (Å²) in [5.41, 5.74) is 0.652. The van der Waals surface area contributed by atoms with Gasteiger partial charge in [-0.15, -0.1) is 0 Å². The molecule has 0 bridgehead atoms. The van der Waals surface area contributed by atoms with E-state index < -0.39 is 0 Å². The molecule has 0 unspecified atom stereocenters. The Morgan fingerprint density at radius 3 is 2.80 bits per heavy atom. The number of nitrogens with one attached hydrogen (secondary N) is 1. The first-order valence-corrected chi connectivity index (χ1v) is 7.36. The Labute approximate surface area is 120 Å². The van der Waals surface area contributed by atoms with E-state index >= 15 is 0 Å². The fourth-order valence-electron chi connectivity index (χ4n) is 2.30. The smallest absolute Gasteiger partial charge is 0.251 e. The van der Waals surface area contributed by atoms with Crippen molar-refractivity contribution >= 4 is 5.91 Å². The number of rotatable bonds is 6. The number of hydrogen-bond donors (Lipinski definition) is 1. The van der Waals surface area contributed by atoms with Gasteiger partial charge in [0.1, 0.15) is 5.75 Å². The quantitative estimate of drug-likeness (QED) is 0.869. The summed E-state index contributed by atoms with van der Waals surface area (Å²) in [4.78, 5) is 12.1. The number of hydrogen-bond acceptors (Lipinski definition) is 3. The van der Waals surface area contributed by atoms with Gasteiger partial charge in [0.15, 0.2) is 0 Å². The lowest BCUT2D eigenvalue weighted by atomic mass is 10.1. The third-order valence-corrected chi connectivity index (χ3v) is 3.47. The highest BCUT2D eigenvalue weighted by molar-refractivity contribution is 5.94. The number of carbonyl (C=O) groups is 1. The summed E-state index contributed by atoms with van der Waals surface area (Å²) in [6.07, 6.45) is 3.21. The van der Waals surface area contributed by atoms with E-state index in [9.17, 15) is 4.79 Å². The fraction of sp³-hybridized carbons (Fsp3) is 0.562. The SMILES string of the molecule is CCCOc1ccc(C(=O)N[C@@H](C)[C@H]2CCCO2)cc1. The van der Waals surface area contributed by atoms with Crippen LogP contribution in [0.25, 0.3) is 0 Å². The summed E-state index contributed by atoms with van der Waals surface area (Å²) in [6.45, 7) is 5.55. The average molecular weight is 277 g/mol. The van der Waals surface area contributed by atoms with E-state index in [1.54, 1.807) is 12.1 Å². The maximum absolute atomic E-state index is 12.1. The van der Waals surface area contributed by atoms with Crippen LogP contribution in [0.5, 0.6) is 5.75 Å². The maximum Gasteiger partial charge on any atom is 0.251 e. The molecule has 1 aliphatic rings. The molecular weight excluding hydrogens is 254 g/mol. The van der Waals surface area contributed by atoms with Crippen LogP contribution in [-0.4, -0.2) is 31.3 Å².